The average molecular weight is 346 g/mol. The third-order valence-electron chi connectivity index (χ3n) is 5.61. The first-order valence-corrected chi connectivity index (χ1v) is 8.87. The maximum Gasteiger partial charge on any atom is 0.231 e. The Morgan fingerprint density at radius 2 is 2.16 bits per heavy atom. The van der Waals surface area contributed by atoms with E-state index >= 15 is 0 Å². The molecule has 0 saturated carbocycles. The zero-order valence-electron chi connectivity index (χ0n) is 15.0. The summed E-state index contributed by atoms with van der Waals surface area (Å²) in [6.45, 7) is 5.24. The Labute approximate surface area is 148 Å². The van der Waals surface area contributed by atoms with Gasteiger partial charge in [-0.1, -0.05) is 6.92 Å². The standard InChI is InChI=1S/C18H26N4O3/c1-14-11-22(16(23)4-3-15-9-19-13-20-10-15)12-18(14)5-6-21(17(18)24)7-8-25-2/h9-10,13-14H,3-8,11-12H2,1-2H3/t14-,18-/m1/s1. The largest absolute Gasteiger partial charge is 0.383 e. The molecule has 1 spiro atoms. The van der Waals surface area contributed by atoms with Crippen molar-refractivity contribution < 1.29 is 14.3 Å². The summed E-state index contributed by atoms with van der Waals surface area (Å²) in [6.07, 6.45) is 6.85. The van der Waals surface area contributed by atoms with E-state index in [9.17, 15) is 9.59 Å². The van der Waals surface area contributed by atoms with E-state index in [2.05, 4.69) is 16.9 Å². The van der Waals surface area contributed by atoms with Crippen LogP contribution in [0.1, 0.15) is 25.3 Å². The lowest BCUT2D eigenvalue weighted by Crippen LogP contribution is -2.41. The van der Waals surface area contributed by atoms with Gasteiger partial charge in [-0.2, -0.15) is 0 Å². The summed E-state index contributed by atoms with van der Waals surface area (Å²) in [6, 6.07) is 0. The second kappa shape index (κ2) is 7.47. The van der Waals surface area contributed by atoms with E-state index in [4.69, 9.17) is 4.74 Å². The molecule has 136 valence electrons. The molecule has 0 N–H and O–H groups in total. The van der Waals surface area contributed by atoms with Gasteiger partial charge in [0.05, 0.1) is 12.0 Å². The number of carbonyl (C=O) groups is 2. The molecule has 0 radical (unpaired) electrons. The Hall–Kier alpha value is -2.02. The van der Waals surface area contributed by atoms with Crippen LogP contribution in [0.5, 0.6) is 0 Å². The Morgan fingerprint density at radius 3 is 2.88 bits per heavy atom. The monoisotopic (exact) mass is 346 g/mol. The molecule has 7 nitrogen and oxygen atoms in total. The van der Waals surface area contributed by atoms with Gasteiger partial charge in [-0.25, -0.2) is 9.97 Å². The summed E-state index contributed by atoms with van der Waals surface area (Å²) in [5.41, 5.74) is 0.555. The van der Waals surface area contributed by atoms with Gasteiger partial charge in [-0.3, -0.25) is 9.59 Å². The van der Waals surface area contributed by atoms with Crippen molar-refractivity contribution in [1.29, 1.82) is 0 Å². The van der Waals surface area contributed by atoms with Crippen LogP contribution in [0.3, 0.4) is 0 Å². The van der Waals surface area contributed by atoms with Crippen LogP contribution in [0, 0.1) is 11.3 Å². The summed E-state index contributed by atoms with van der Waals surface area (Å²) >= 11 is 0. The maximum atomic E-state index is 12.9. The zero-order valence-corrected chi connectivity index (χ0v) is 15.0. The van der Waals surface area contributed by atoms with Crippen molar-refractivity contribution in [1.82, 2.24) is 19.8 Å². The van der Waals surface area contributed by atoms with Gasteiger partial charge in [0.2, 0.25) is 11.8 Å². The molecule has 3 heterocycles. The predicted octanol–water partition coefficient (Wildman–Crippen LogP) is 0.753. The normalized spacial score (nSPS) is 26.0. The number of ether oxygens (including phenoxy) is 1. The van der Waals surface area contributed by atoms with Crippen LogP contribution in [-0.4, -0.2) is 71.5 Å². The number of amides is 2. The highest BCUT2D eigenvalue weighted by Crippen LogP contribution is 2.44. The number of methoxy groups -OCH3 is 1. The van der Waals surface area contributed by atoms with Crippen LogP contribution in [0.25, 0.3) is 0 Å². The van der Waals surface area contributed by atoms with E-state index in [-0.39, 0.29) is 17.7 Å². The van der Waals surface area contributed by atoms with Gasteiger partial charge in [-0.05, 0) is 24.3 Å². The Bertz CT molecular complexity index is 624. The molecule has 2 amide bonds. The van der Waals surface area contributed by atoms with Crippen LogP contribution >= 0.6 is 0 Å². The van der Waals surface area contributed by atoms with Crippen LogP contribution in [0.15, 0.2) is 18.7 Å². The zero-order chi connectivity index (χ0) is 17.9. The lowest BCUT2D eigenvalue weighted by Gasteiger charge is -2.26. The van der Waals surface area contributed by atoms with Crippen molar-refractivity contribution in [3.05, 3.63) is 24.3 Å². The second-order valence-corrected chi connectivity index (χ2v) is 7.11. The number of aromatic nitrogens is 2. The first kappa shape index (κ1) is 17.8. The third-order valence-corrected chi connectivity index (χ3v) is 5.61. The van der Waals surface area contributed by atoms with Crippen molar-refractivity contribution in [2.75, 3.05) is 39.9 Å². The quantitative estimate of drug-likeness (QED) is 0.760. The number of carbonyl (C=O) groups excluding carboxylic acids is 2. The van der Waals surface area contributed by atoms with E-state index in [1.807, 2.05) is 9.80 Å². The summed E-state index contributed by atoms with van der Waals surface area (Å²) in [4.78, 5) is 37.2. The fourth-order valence-electron chi connectivity index (χ4n) is 4.00. The number of aryl methyl sites for hydroxylation is 1. The Kier molecular flexibility index (Phi) is 5.32. The molecular weight excluding hydrogens is 320 g/mol. The number of rotatable bonds is 6. The Morgan fingerprint density at radius 1 is 1.40 bits per heavy atom. The summed E-state index contributed by atoms with van der Waals surface area (Å²) in [7, 11) is 1.65. The molecule has 3 rings (SSSR count). The van der Waals surface area contributed by atoms with Gasteiger partial charge < -0.3 is 14.5 Å². The van der Waals surface area contributed by atoms with E-state index in [1.165, 1.54) is 6.33 Å². The van der Waals surface area contributed by atoms with Gasteiger partial charge in [0.1, 0.15) is 6.33 Å². The average Bonchev–Trinajstić information content (AvgIpc) is 3.13. The molecule has 0 aromatic carbocycles. The number of hydrogen-bond donors (Lipinski definition) is 0. The van der Waals surface area contributed by atoms with Crippen molar-refractivity contribution in [2.24, 2.45) is 11.3 Å². The van der Waals surface area contributed by atoms with E-state index in [0.717, 1.165) is 18.5 Å². The summed E-state index contributed by atoms with van der Waals surface area (Å²) < 4.78 is 5.09. The van der Waals surface area contributed by atoms with Gasteiger partial charge in [0.25, 0.3) is 0 Å². The van der Waals surface area contributed by atoms with Crippen molar-refractivity contribution in [3.63, 3.8) is 0 Å². The highest BCUT2D eigenvalue weighted by molar-refractivity contribution is 5.87. The van der Waals surface area contributed by atoms with Gasteiger partial charge in [0, 0.05) is 52.1 Å². The van der Waals surface area contributed by atoms with Gasteiger partial charge in [-0.15, -0.1) is 0 Å². The molecule has 0 bridgehead atoms. The lowest BCUT2D eigenvalue weighted by molar-refractivity contribution is -0.138. The van der Waals surface area contributed by atoms with Crippen LogP contribution in [0.2, 0.25) is 0 Å². The number of hydrogen-bond acceptors (Lipinski definition) is 5. The molecule has 2 saturated heterocycles. The van der Waals surface area contributed by atoms with Crippen molar-refractivity contribution in [2.45, 2.75) is 26.2 Å². The van der Waals surface area contributed by atoms with Crippen molar-refractivity contribution >= 4 is 11.8 Å². The molecule has 2 atom stereocenters. The molecule has 0 unspecified atom stereocenters. The first-order valence-electron chi connectivity index (χ1n) is 8.87. The fourth-order valence-corrected chi connectivity index (χ4v) is 4.00. The lowest BCUT2D eigenvalue weighted by atomic mass is 9.78. The highest BCUT2D eigenvalue weighted by atomic mass is 16.5. The molecule has 2 aliphatic heterocycles. The second-order valence-electron chi connectivity index (χ2n) is 7.11. The molecule has 2 aliphatic rings. The molecule has 1 aromatic rings. The fraction of sp³-hybridized carbons (Fsp3) is 0.667. The molecular formula is C18H26N4O3. The minimum Gasteiger partial charge on any atom is -0.383 e. The highest BCUT2D eigenvalue weighted by Gasteiger charge is 2.55. The maximum absolute atomic E-state index is 12.9. The first-order chi connectivity index (χ1) is 12.1. The Balaban J connectivity index is 1.59. The smallest absolute Gasteiger partial charge is 0.231 e. The van der Waals surface area contributed by atoms with Gasteiger partial charge in [0.15, 0.2) is 0 Å². The topological polar surface area (TPSA) is 75.6 Å². The number of nitrogens with zero attached hydrogens (tertiary/aromatic N) is 4. The van der Waals surface area contributed by atoms with E-state index in [1.54, 1.807) is 19.5 Å². The third kappa shape index (κ3) is 3.51. The molecule has 1 aromatic heterocycles. The molecule has 25 heavy (non-hydrogen) atoms. The minimum absolute atomic E-state index is 0.107. The van der Waals surface area contributed by atoms with Gasteiger partial charge >= 0.3 is 0 Å². The van der Waals surface area contributed by atoms with E-state index in [0.29, 0.717) is 39.1 Å². The predicted molar refractivity (Wildman–Crippen MR) is 91.6 cm³/mol. The number of likely N-dealkylation sites (tertiary alicyclic amines) is 2. The van der Waals surface area contributed by atoms with Crippen molar-refractivity contribution in [3.8, 4) is 0 Å². The van der Waals surface area contributed by atoms with Crippen LogP contribution in [0.4, 0.5) is 0 Å². The molecule has 2 fully saturated rings. The van der Waals surface area contributed by atoms with Crippen LogP contribution in [-0.2, 0) is 20.7 Å². The summed E-state index contributed by atoms with van der Waals surface area (Å²) in [5.74, 6) is 0.482. The van der Waals surface area contributed by atoms with E-state index < -0.39 is 5.41 Å². The molecule has 0 aliphatic carbocycles. The molecule has 7 heteroatoms. The SMILES string of the molecule is COCCN1CC[C@]2(CN(C(=O)CCc3cncnc3)C[C@H]2C)C1=O. The van der Waals surface area contributed by atoms with Crippen LogP contribution < -0.4 is 0 Å². The summed E-state index contributed by atoms with van der Waals surface area (Å²) in [5, 5.41) is 0. The minimum atomic E-state index is -0.404.